The number of anilines is 1. The highest BCUT2D eigenvalue weighted by atomic mass is 16.1. The van der Waals surface area contributed by atoms with E-state index in [9.17, 15) is 4.79 Å². The quantitative estimate of drug-likeness (QED) is 0.713. The van der Waals surface area contributed by atoms with Crippen molar-refractivity contribution in [2.24, 2.45) is 5.92 Å². The van der Waals surface area contributed by atoms with Crippen LogP contribution < -0.4 is 10.2 Å². The molecule has 1 saturated heterocycles. The van der Waals surface area contributed by atoms with E-state index in [1.54, 1.807) is 0 Å². The van der Waals surface area contributed by atoms with E-state index in [4.69, 9.17) is 4.98 Å². The normalized spacial score (nSPS) is 17.1. The molecule has 0 aliphatic carbocycles. The van der Waals surface area contributed by atoms with Gasteiger partial charge in [-0.05, 0) is 56.4 Å². The Morgan fingerprint density at radius 1 is 1.18 bits per heavy atom. The molecule has 0 spiro atoms. The fourth-order valence-corrected chi connectivity index (χ4v) is 3.87. The number of carbonyl (C=O) groups is 1. The molecule has 2 N–H and O–H groups in total. The molecule has 4 rings (SSSR count). The highest BCUT2D eigenvalue weighted by molar-refractivity contribution is 5.80. The summed E-state index contributed by atoms with van der Waals surface area (Å²) >= 11 is 0. The molecule has 3 aromatic rings. The second-order valence-corrected chi connectivity index (χ2v) is 7.89. The van der Waals surface area contributed by atoms with E-state index in [1.807, 2.05) is 6.07 Å². The number of H-pyrrole nitrogens is 1. The predicted molar refractivity (Wildman–Crippen MR) is 114 cm³/mol. The van der Waals surface area contributed by atoms with Crippen LogP contribution in [-0.2, 0) is 11.2 Å². The molecule has 2 aromatic carbocycles. The van der Waals surface area contributed by atoms with Crippen LogP contribution in [0.15, 0.2) is 42.5 Å². The highest BCUT2D eigenvalue weighted by Gasteiger charge is 2.27. The summed E-state index contributed by atoms with van der Waals surface area (Å²) in [4.78, 5) is 23.0. The van der Waals surface area contributed by atoms with E-state index in [-0.39, 0.29) is 11.8 Å². The molecular formula is C23H28N4O. The highest BCUT2D eigenvalue weighted by Crippen LogP contribution is 2.24. The number of carbonyl (C=O) groups excluding carboxylic acids is 1. The summed E-state index contributed by atoms with van der Waals surface area (Å²) < 4.78 is 0. The van der Waals surface area contributed by atoms with E-state index in [0.29, 0.717) is 6.54 Å². The molecule has 1 aromatic heterocycles. The molecular weight excluding hydrogens is 348 g/mol. The maximum absolute atomic E-state index is 12.7. The molecule has 0 unspecified atom stereocenters. The number of hydrogen-bond donors (Lipinski definition) is 2. The number of hydrogen-bond acceptors (Lipinski definition) is 3. The van der Waals surface area contributed by atoms with Gasteiger partial charge in [0, 0.05) is 19.6 Å². The third kappa shape index (κ3) is 4.19. The lowest BCUT2D eigenvalue weighted by Crippen LogP contribution is -2.43. The molecule has 1 aliphatic heterocycles. The number of amides is 1. The average molecular weight is 377 g/mol. The summed E-state index contributed by atoms with van der Waals surface area (Å²) in [5, 5.41) is 3.13. The van der Waals surface area contributed by atoms with Crippen LogP contribution in [-0.4, -0.2) is 35.5 Å². The summed E-state index contributed by atoms with van der Waals surface area (Å²) in [6, 6.07) is 14.7. The number of nitrogens with zero attached hydrogens (tertiary/aromatic N) is 2. The van der Waals surface area contributed by atoms with Gasteiger partial charge in [-0.3, -0.25) is 4.79 Å². The maximum atomic E-state index is 12.7. The minimum absolute atomic E-state index is 0.0155. The van der Waals surface area contributed by atoms with Crippen molar-refractivity contribution in [2.45, 2.75) is 33.1 Å². The van der Waals surface area contributed by atoms with E-state index in [1.165, 1.54) is 16.7 Å². The van der Waals surface area contributed by atoms with Crippen LogP contribution >= 0.6 is 0 Å². The number of benzene rings is 2. The van der Waals surface area contributed by atoms with E-state index in [2.05, 4.69) is 65.4 Å². The fraction of sp³-hybridized carbons (Fsp3) is 0.391. The van der Waals surface area contributed by atoms with Crippen molar-refractivity contribution in [1.29, 1.82) is 0 Å². The summed E-state index contributed by atoms with van der Waals surface area (Å²) in [5.41, 5.74) is 5.77. The molecule has 5 nitrogen and oxygen atoms in total. The molecule has 28 heavy (non-hydrogen) atoms. The average Bonchev–Trinajstić information content (AvgIpc) is 3.13. The van der Waals surface area contributed by atoms with Crippen molar-refractivity contribution in [3.8, 4) is 0 Å². The van der Waals surface area contributed by atoms with Crippen molar-refractivity contribution in [2.75, 3.05) is 24.5 Å². The number of nitrogens with one attached hydrogen (secondary N) is 2. The molecule has 1 amide bonds. The van der Waals surface area contributed by atoms with E-state index >= 15 is 0 Å². The lowest BCUT2D eigenvalue weighted by atomic mass is 9.97. The minimum atomic E-state index is 0.0155. The van der Waals surface area contributed by atoms with Gasteiger partial charge in [0.1, 0.15) is 0 Å². The molecule has 146 valence electrons. The van der Waals surface area contributed by atoms with Crippen LogP contribution in [0, 0.1) is 19.8 Å². The van der Waals surface area contributed by atoms with Gasteiger partial charge in [-0.25, -0.2) is 4.98 Å². The van der Waals surface area contributed by atoms with Crippen molar-refractivity contribution in [3.63, 3.8) is 0 Å². The van der Waals surface area contributed by atoms with Gasteiger partial charge in [-0.1, -0.05) is 35.9 Å². The number of fused-ring (bicyclic) bond motifs is 1. The van der Waals surface area contributed by atoms with Crippen molar-refractivity contribution in [3.05, 3.63) is 59.2 Å². The molecule has 1 atom stereocenters. The fourth-order valence-electron chi connectivity index (χ4n) is 3.87. The third-order valence-corrected chi connectivity index (χ3v) is 5.55. The first-order valence-electron chi connectivity index (χ1n) is 10.1. The second kappa shape index (κ2) is 8.05. The largest absolute Gasteiger partial charge is 0.355 e. The zero-order valence-electron chi connectivity index (χ0n) is 16.7. The molecule has 0 saturated carbocycles. The Bertz CT molecular complexity index is 960. The Morgan fingerprint density at radius 2 is 1.96 bits per heavy atom. The topological polar surface area (TPSA) is 61.0 Å². The van der Waals surface area contributed by atoms with Crippen LogP contribution in [0.4, 0.5) is 5.95 Å². The molecule has 1 aliphatic rings. The summed E-state index contributed by atoms with van der Waals surface area (Å²) in [6.45, 7) is 6.50. The maximum Gasteiger partial charge on any atom is 0.224 e. The van der Waals surface area contributed by atoms with Crippen molar-refractivity contribution >= 4 is 22.9 Å². The molecule has 0 radical (unpaired) electrons. The Labute approximate surface area is 166 Å². The second-order valence-electron chi connectivity index (χ2n) is 7.89. The number of imidazole rings is 1. The number of piperidine rings is 1. The summed E-state index contributed by atoms with van der Waals surface area (Å²) in [6.07, 6.45) is 2.81. The van der Waals surface area contributed by atoms with Crippen molar-refractivity contribution in [1.82, 2.24) is 15.3 Å². The SMILES string of the molecule is Cc1ccc(CCNC(=O)[C@H]2CCCN(c3nc4ccc(C)cc4[nH]3)C2)cc1. The Hall–Kier alpha value is -2.82. The van der Waals surface area contributed by atoms with Gasteiger partial charge in [0.15, 0.2) is 0 Å². The molecule has 5 heteroatoms. The summed E-state index contributed by atoms with van der Waals surface area (Å²) in [7, 11) is 0. The van der Waals surface area contributed by atoms with Gasteiger partial charge < -0.3 is 15.2 Å². The number of aromatic nitrogens is 2. The van der Waals surface area contributed by atoms with Crippen LogP contribution in [0.1, 0.15) is 29.5 Å². The number of aryl methyl sites for hydroxylation is 2. The first-order chi connectivity index (χ1) is 13.6. The zero-order valence-corrected chi connectivity index (χ0v) is 16.7. The van der Waals surface area contributed by atoms with Gasteiger partial charge in [0.25, 0.3) is 0 Å². The van der Waals surface area contributed by atoms with Crippen LogP contribution in [0.25, 0.3) is 11.0 Å². The van der Waals surface area contributed by atoms with Gasteiger partial charge in [0.2, 0.25) is 11.9 Å². The number of aromatic amines is 1. The van der Waals surface area contributed by atoms with E-state index < -0.39 is 0 Å². The first-order valence-corrected chi connectivity index (χ1v) is 10.1. The summed E-state index contributed by atoms with van der Waals surface area (Å²) in [5.74, 6) is 1.04. The van der Waals surface area contributed by atoms with Crippen LogP contribution in [0.5, 0.6) is 0 Å². The zero-order chi connectivity index (χ0) is 19.5. The Morgan fingerprint density at radius 3 is 2.79 bits per heavy atom. The Balaban J connectivity index is 1.34. The van der Waals surface area contributed by atoms with E-state index in [0.717, 1.165) is 49.3 Å². The molecule has 1 fully saturated rings. The van der Waals surface area contributed by atoms with Crippen molar-refractivity contribution < 1.29 is 4.79 Å². The Kier molecular flexibility index (Phi) is 5.33. The lowest BCUT2D eigenvalue weighted by Gasteiger charge is -2.31. The monoisotopic (exact) mass is 376 g/mol. The van der Waals surface area contributed by atoms with Crippen LogP contribution in [0.3, 0.4) is 0 Å². The standard InChI is InChI=1S/C23H28N4O/c1-16-5-8-18(9-6-16)11-12-24-22(28)19-4-3-13-27(15-19)23-25-20-10-7-17(2)14-21(20)26-23/h5-10,14,19H,3-4,11-13,15H2,1-2H3,(H,24,28)(H,25,26)/t19-/m0/s1. The molecule has 2 heterocycles. The van der Waals surface area contributed by atoms with Crippen LogP contribution in [0.2, 0.25) is 0 Å². The van der Waals surface area contributed by atoms with Gasteiger partial charge in [0.05, 0.1) is 17.0 Å². The lowest BCUT2D eigenvalue weighted by molar-refractivity contribution is -0.125. The molecule has 0 bridgehead atoms. The number of rotatable bonds is 5. The van der Waals surface area contributed by atoms with Gasteiger partial charge in [-0.2, -0.15) is 0 Å². The first kappa shape index (κ1) is 18.5. The third-order valence-electron chi connectivity index (χ3n) is 5.55. The minimum Gasteiger partial charge on any atom is -0.355 e. The smallest absolute Gasteiger partial charge is 0.224 e. The predicted octanol–water partition coefficient (Wildman–Crippen LogP) is 3.76. The van der Waals surface area contributed by atoms with Gasteiger partial charge in [-0.15, -0.1) is 0 Å². The van der Waals surface area contributed by atoms with Gasteiger partial charge >= 0.3 is 0 Å².